The molecule has 0 N–H and O–H groups in total. The molecular formula is C46H37F8IrN3O-2. The molecule has 4 nitrogen and oxygen atoms in total. The molecule has 4 aromatic heterocycles. The summed E-state index contributed by atoms with van der Waals surface area (Å²) in [6.45, 7) is -5.66. The number of benzene rings is 3. The van der Waals surface area contributed by atoms with E-state index in [-0.39, 0.29) is 54.9 Å². The molecule has 4 heterocycles. The van der Waals surface area contributed by atoms with Crippen LogP contribution in [-0.2, 0) is 38.3 Å². The molecule has 7 aromatic rings. The Morgan fingerprint density at radius 2 is 1.46 bits per heavy atom. The fourth-order valence-electron chi connectivity index (χ4n) is 6.35. The van der Waals surface area contributed by atoms with Gasteiger partial charge in [-0.2, -0.15) is 35.1 Å². The van der Waals surface area contributed by atoms with Crippen LogP contribution in [0.25, 0.3) is 55.7 Å². The van der Waals surface area contributed by atoms with E-state index >= 15 is 0 Å². The van der Waals surface area contributed by atoms with Gasteiger partial charge in [-0.15, -0.1) is 47.5 Å². The number of pyridine rings is 3. The van der Waals surface area contributed by atoms with Gasteiger partial charge in [0.1, 0.15) is 0 Å². The zero-order chi connectivity index (χ0) is 54.0. The van der Waals surface area contributed by atoms with E-state index in [1.165, 1.54) is 6.07 Å². The topological polar surface area (TPSA) is 51.8 Å². The number of hydrogen-bond donors (Lipinski definition) is 0. The van der Waals surface area contributed by atoms with Crippen LogP contribution in [0.4, 0.5) is 35.1 Å². The molecule has 13 heteroatoms. The number of alkyl halides is 8. The van der Waals surface area contributed by atoms with Crippen molar-refractivity contribution < 1.29 is 78.8 Å². The van der Waals surface area contributed by atoms with Crippen molar-refractivity contribution in [2.45, 2.75) is 78.2 Å². The van der Waals surface area contributed by atoms with Crippen molar-refractivity contribution in [2.24, 2.45) is 5.41 Å². The second-order valence-corrected chi connectivity index (χ2v) is 14.4. The van der Waals surface area contributed by atoms with Gasteiger partial charge in [-0.3, -0.25) is 0 Å². The first-order valence-electron chi connectivity index (χ1n) is 24.1. The maximum Gasteiger partial charge on any atom is 0.382 e. The van der Waals surface area contributed by atoms with Crippen LogP contribution >= 0.6 is 0 Å². The summed E-state index contributed by atoms with van der Waals surface area (Å²) in [7, 11) is 0. The molecule has 1 aliphatic carbocycles. The van der Waals surface area contributed by atoms with Gasteiger partial charge in [-0.1, -0.05) is 79.5 Å². The number of aryl methyl sites for hydroxylation is 4. The first-order chi connectivity index (χ1) is 32.7. The molecule has 8 rings (SSSR count). The van der Waals surface area contributed by atoms with Crippen molar-refractivity contribution >= 4 is 22.1 Å². The van der Waals surface area contributed by atoms with E-state index in [9.17, 15) is 35.1 Å². The summed E-state index contributed by atoms with van der Waals surface area (Å²) in [6, 6.07) is 19.0. The van der Waals surface area contributed by atoms with Crippen LogP contribution in [0.3, 0.4) is 0 Å². The SMILES string of the molecule is [2H]C([2H])([2H])c1c[c-]c(-c2cc(C([2H])([2H])[2H])c(C([2H])([2H])[2H])cn2)cc1-c1ccc2c(c1)C(F)(F)C(F)(F)C(F)(F)C2(F)F.[2H]C([2H])([2H])c1ccc2c(n1)oc1c(-c3cc(C([2H])([2H])C(C)(C)C)ccn3)[c-]ccc12.[Ir]. The zero-order valence-electron chi connectivity index (χ0n) is 44.7. The molecule has 0 unspecified atom stereocenters. The number of furan rings is 1. The van der Waals surface area contributed by atoms with Crippen LogP contribution in [0, 0.1) is 45.0 Å². The van der Waals surface area contributed by atoms with Crippen LogP contribution in [0.5, 0.6) is 0 Å². The van der Waals surface area contributed by atoms with Crippen molar-refractivity contribution in [2.75, 3.05) is 0 Å². The predicted molar refractivity (Wildman–Crippen MR) is 207 cm³/mol. The first kappa shape index (κ1) is 28.5. The Morgan fingerprint density at radius 1 is 0.729 bits per heavy atom. The average molecular weight is 1010 g/mol. The van der Waals surface area contributed by atoms with Gasteiger partial charge in [0, 0.05) is 73.9 Å². The summed E-state index contributed by atoms with van der Waals surface area (Å²) in [5, 5.41) is 1.48. The molecule has 1 radical (unpaired) electrons. The van der Waals surface area contributed by atoms with E-state index in [0.717, 1.165) is 29.8 Å². The van der Waals surface area contributed by atoms with E-state index in [2.05, 4.69) is 27.1 Å². The minimum Gasteiger partial charge on any atom is -0.486 e. The van der Waals surface area contributed by atoms with Crippen molar-refractivity contribution in [1.82, 2.24) is 15.0 Å². The quantitative estimate of drug-likeness (QED) is 0.130. The first-order valence-corrected chi connectivity index (χ1v) is 17.1. The third-order valence-electron chi connectivity index (χ3n) is 9.15. The zero-order valence-corrected chi connectivity index (χ0v) is 33.1. The number of nitrogens with zero attached hydrogens (tertiary/aromatic N) is 3. The van der Waals surface area contributed by atoms with Gasteiger partial charge in [-0.05, 0) is 79.1 Å². The fourth-order valence-corrected chi connectivity index (χ4v) is 6.35. The molecule has 59 heavy (non-hydrogen) atoms. The third kappa shape index (κ3) is 7.56. The Hall–Kier alpha value is -5.00. The van der Waals surface area contributed by atoms with Crippen molar-refractivity contribution in [3.63, 3.8) is 0 Å². The van der Waals surface area contributed by atoms with Crippen molar-refractivity contribution in [1.29, 1.82) is 0 Å². The van der Waals surface area contributed by atoms with Crippen LogP contribution < -0.4 is 0 Å². The summed E-state index contributed by atoms with van der Waals surface area (Å²) < 4.78 is 229. The van der Waals surface area contributed by atoms with E-state index in [1.807, 2.05) is 26.8 Å². The number of aromatic nitrogens is 3. The number of fused-ring (bicyclic) bond motifs is 4. The van der Waals surface area contributed by atoms with Gasteiger partial charge in [0.15, 0.2) is 0 Å². The fraction of sp³-hybridized carbons (Fsp3) is 0.283. The Morgan fingerprint density at radius 3 is 2.15 bits per heavy atom. The molecule has 0 aliphatic heterocycles. The van der Waals surface area contributed by atoms with Gasteiger partial charge in [0.25, 0.3) is 0 Å². The Kier molecular flexibility index (Phi) is 7.35. The van der Waals surface area contributed by atoms with Gasteiger partial charge >= 0.3 is 23.7 Å². The maximum absolute atomic E-state index is 14.7. The Labute approximate surface area is 369 Å². The van der Waals surface area contributed by atoms with Crippen LogP contribution in [0.1, 0.15) is 79.0 Å². The average Bonchev–Trinajstić information content (AvgIpc) is 3.65. The van der Waals surface area contributed by atoms with Crippen LogP contribution in [0.2, 0.25) is 0 Å². The summed E-state index contributed by atoms with van der Waals surface area (Å²) in [6.07, 6.45) is 0.746. The Bertz CT molecular complexity index is 3260. The van der Waals surface area contributed by atoms with Gasteiger partial charge in [0.2, 0.25) is 5.71 Å². The summed E-state index contributed by atoms with van der Waals surface area (Å²) in [4.78, 5) is 12.5. The molecule has 0 saturated heterocycles. The van der Waals surface area contributed by atoms with E-state index < -0.39 is 102 Å². The third-order valence-corrected chi connectivity index (χ3v) is 9.15. The van der Waals surface area contributed by atoms with E-state index in [1.54, 1.807) is 30.5 Å². The van der Waals surface area contributed by atoms with Gasteiger partial charge < -0.3 is 14.4 Å². The number of hydrogen-bond acceptors (Lipinski definition) is 4. The molecule has 309 valence electrons. The molecule has 0 amide bonds. The predicted octanol–water partition coefficient (Wildman–Crippen LogP) is 13.3. The summed E-state index contributed by atoms with van der Waals surface area (Å²) >= 11 is 0. The van der Waals surface area contributed by atoms with Gasteiger partial charge in [0.05, 0.1) is 5.58 Å². The molecule has 0 atom stereocenters. The monoisotopic (exact) mass is 1010 g/mol. The molecule has 1 aliphatic rings. The second-order valence-electron chi connectivity index (χ2n) is 14.4. The number of rotatable bonds is 4. The summed E-state index contributed by atoms with van der Waals surface area (Å²) in [5.74, 6) is -24.5. The minimum absolute atomic E-state index is 0. The molecule has 3 aromatic carbocycles. The minimum atomic E-state index is -6.53. The summed E-state index contributed by atoms with van der Waals surface area (Å²) in [5.41, 5.74) is -6.17. The normalized spacial score (nSPS) is 20.8. The molecular weight excluding hydrogens is 955 g/mol. The van der Waals surface area contributed by atoms with Crippen LogP contribution in [0.15, 0.2) is 89.6 Å². The van der Waals surface area contributed by atoms with Gasteiger partial charge in [-0.25, -0.2) is 4.98 Å². The molecule has 0 fully saturated rings. The molecule has 0 bridgehead atoms. The maximum atomic E-state index is 14.7. The van der Waals surface area contributed by atoms with Crippen molar-refractivity contribution in [3.8, 4) is 33.6 Å². The Balaban J connectivity index is 0.000000247. The smallest absolute Gasteiger partial charge is 0.382 e. The second kappa shape index (κ2) is 15.2. The van der Waals surface area contributed by atoms with Crippen molar-refractivity contribution in [3.05, 3.63) is 136 Å². The van der Waals surface area contributed by atoms with Crippen LogP contribution in [-0.4, -0.2) is 26.8 Å². The standard InChI is InChI=1S/C24H16F8N.C22H21N2O.Ir/c1-12-4-5-16(20-8-13(2)14(3)11-33-20)9-17(12)15-6-7-18-19(10-15)22(27,28)24(31,32)23(29,30)21(18,25)26;1-14-8-9-17-16-6-5-7-18(20(16)25-21(17)24-14)19-12-15(10-11-23-19)13-22(2,3)4;/h4,6-11H,1-3H3;5-6,8-12H,13H2,1-4H3;/q2*-1;/i1D3,2D3,3D3;1D3,13D2;. The number of halogens is 8. The largest absolute Gasteiger partial charge is 0.486 e. The van der Waals surface area contributed by atoms with E-state index in [4.69, 9.17) is 23.6 Å². The molecule has 0 spiro atoms. The molecule has 0 saturated carbocycles. The van der Waals surface area contributed by atoms with E-state index in [0.29, 0.717) is 33.9 Å².